The van der Waals surface area contributed by atoms with Gasteiger partial charge in [-0.3, -0.25) is 0 Å². The molecule has 4 heteroatoms. The molecule has 0 radical (unpaired) electrons. The van der Waals surface area contributed by atoms with Crippen LogP contribution in [-0.2, 0) is 0 Å². The van der Waals surface area contributed by atoms with Gasteiger partial charge in [0.2, 0.25) is 0 Å². The summed E-state index contributed by atoms with van der Waals surface area (Å²) in [5.41, 5.74) is 6.34. The Hall–Kier alpha value is -1.13. The monoisotopic (exact) mass is 183 g/mol. The van der Waals surface area contributed by atoms with Gasteiger partial charge < -0.3 is 15.6 Å². The predicted molar refractivity (Wildman–Crippen MR) is 44.8 cm³/mol. The lowest BCUT2D eigenvalue weighted by atomic mass is 9.99. The first-order chi connectivity index (χ1) is 6.18. The van der Waals surface area contributed by atoms with Crippen LogP contribution in [0.1, 0.15) is 11.6 Å². The van der Waals surface area contributed by atoms with Crippen LogP contribution in [0.3, 0.4) is 0 Å². The van der Waals surface area contributed by atoms with Gasteiger partial charge in [0.25, 0.3) is 0 Å². The topological polar surface area (TPSA) is 55.5 Å². The van der Waals surface area contributed by atoms with E-state index >= 15 is 0 Å². The van der Waals surface area contributed by atoms with E-state index in [0.29, 0.717) is 11.3 Å². The van der Waals surface area contributed by atoms with Crippen molar-refractivity contribution < 1.29 is 14.2 Å². The molecule has 0 unspecified atom stereocenters. The van der Waals surface area contributed by atoms with Gasteiger partial charge in [-0.2, -0.15) is 0 Å². The third-order valence-corrected chi connectivity index (χ3v) is 2.16. The molecule has 0 aromatic heterocycles. The third-order valence-electron chi connectivity index (χ3n) is 2.16. The number of nitrogens with two attached hydrogens (primary N) is 1. The Balaban J connectivity index is 2.44. The molecule has 3 N–H and O–H groups in total. The van der Waals surface area contributed by atoms with Gasteiger partial charge in [-0.15, -0.1) is 0 Å². The molecule has 0 saturated carbocycles. The van der Waals surface area contributed by atoms with Gasteiger partial charge in [0.15, 0.2) is 0 Å². The van der Waals surface area contributed by atoms with Gasteiger partial charge in [0, 0.05) is 11.6 Å². The molecule has 0 saturated heterocycles. The SMILES string of the molecule is N[C@H]1c2ccc(F)cc2OC[C@H]1O. The van der Waals surface area contributed by atoms with Crippen molar-refractivity contribution in [2.24, 2.45) is 5.73 Å². The highest BCUT2D eigenvalue weighted by molar-refractivity contribution is 5.38. The van der Waals surface area contributed by atoms with Crippen molar-refractivity contribution in [1.29, 1.82) is 0 Å². The van der Waals surface area contributed by atoms with E-state index in [2.05, 4.69) is 0 Å². The fourth-order valence-electron chi connectivity index (χ4n) is 1.39. The fraction of sp³-hybridized carbons (Fsp3) is 0.333. The molecule has 2 atom stereocenters. The molecule has 1 aliphatic rings. The number of hydrogen-bond donors (Lipinski definition) is 2. The molecular formula is C9H10FNO2. The Bertz CT molecular complexity index is 329. The van der Waals surface area contributed by atoms with Crippen LogP contribution < -0.4 is 10.5 Å². The van der Waals surface area contributed by atoms with Crippen molar-refractivity contribution in [2.45, 2.75) is 12.1 Å². The van der Waals surface area contributed by atoms with Crippen molar-refractivity contribution in [2.75, 3.05) is 6.61 Å². The molecule has 0 bridgehead atoms. The maximum Gasteiger partial charge on any atom is 0.127 e. The standard InChI is InChI=1S/C9H10FNO2/c10-5-1-2-6-8(3-5)13-4-7(12)9(6)11/h1-3,7,9,12H,4,11H2/t7-,9+/m1/s1. The molecule has 13 heavy (non-hydrogen) atoms. The highest BCUT2D eigenvalue weighted by Crippen LogP contribution is 2.30. The molecule has 0 fully saturated rings. The van der Waals surface area contributed by atoms with E-state index in [1.807, 2.05) is 0 Å². The highest BCUT2D eigenvalue weighted by atomic mass is 19.1. The smallest absolute Gasteiger partial charge is 0.127 e. The van der Waals surface area contributed by atoms with E-state index in [-0.39, 0.29) is 12.4 Å². The van der Waals surface area contributed by atoms with Crippen LogP contribution in [-0.4, -0.2) is 17.8 Å². The normalized spacial score (nSPS) is 26.4. The largest absolute Gasteiger partial charge is 0.490 e. The molecule has 3 nitrogen and oxygen atoms in total. The zero-order chi connectivity index (χ0) is 9.42. The molecule has 1 aromatic rings. The van der Waals surface area contributed by atoms with Crippen molar-refractivity contribution in [3.05, 3.63) is 29.6 Å². The van der Waals surface area contributed by atoms with Crippen molar-refractivity contribution in [3.63, 3.8) is 0 Å². The lowest BCUT2D eigenvalue weighted by molar-refractivity contribution is 0.0676. The van der Waals surface area contributed by atoms with Crippen LogP contribution in [0.2, 0.25) is 0 Å². The zero-order valence-electron chi connectivity index (χ0n) is 6.90. The summed E-state index contributed by atoms with van der Waals surface area (Å²) in [6.45, 7) is 0.123. The second-order valence-corrected chi connectivity index (χ2v) is 3.09. The number of aliphatic hydroxyl groups excluding tert-OH is 1. The number of ether oxygens (including phenoxy) is 1. The second kappa shape index (κ2) is 2.97. The number of halogens is 1. The van der Waals surface area contributed by atoms with Crippen molar-refractivity contribution in [3.8, 4) is 5.75 Å². The summed E-state index contributed by atoms with van der Waals surface area (Å²) in [6.07, 6.45) is -0.710. The maximum atomic E-state index is 12.7. The number of rotatable bonds is 0. The van der Waals surface area contributed by atoms with Gasteiger partial charge in [0.1, 0.15) is 24.3 Å². The molecular weight excluding hydrogens is 173 g/mol. The minimum absolute atomic E-state index is 0.123. The Labute approximate surface area is 74.9 Å². The van der Waals surface area contributed by atoms with Gasteiger partial charge in [0.05, 0.1) is 6.04 Å². The van der Waals surface area contributed by atoms with E-state index in [4.69, 9.17) is 10.5 Å². The van der Waals surface area contributed by atoms with Crippen LogP contribution in [0.5, 0.6) is 5.75 Å². The number of aliphatic hydroxyl groups is 1. The van der Waals surface area contributed by atoms with Gasteiger partial charge in [-0.1, -0.05) is 6.07 Å². The van der Waals surface area contributed by atoms with Crippen LogP contribution in [0, 0.1) is 5.82 Å². The van der Waals surface area contributed by atoms with Crippen molar-refractivity contribution >= 4 is 0 Å². The average molecular weight is 183 g/mol. The molecule has 0 spiro atoms. The van der Waals surface area contributed by atoms with E-state index in [9.17, 15) is 9.50 Å². The van der Waals surface area contributed by atoms with Crippen LogP contribution in [0.25, 0.3) is 0 Å². The molecule has 1 heterocycles. The minimum Gasteiger partial charge on any atom is -0.490 e. The highest BCUT2D eigenvalue weighted by Gasteiger charge is 2.26. The zero-order valence-corrected chi connectivity index (χ0v) is 6.90. The Morgan fingerprint density at radius 3 is 3.08 bits per heavy atom. The van der Waals surface area contributed by atoms with Gasteiger partial charge >= 0.3 is 0 Å². The summed E-state index contributed by atoms with van der Waals surface area (Å²) in [4.78, 5) is 0. The quantitative estimate of drug-likeness (QED) is 0.618. The number of hydrogen-bond acceptors (Lipinski definition) is 3. The van der Waals surface area contributed by atoms with Crippen LogP contribution in [0.15, 0.2) is 18.2 Å². The Morgan fingerprint density at radius 2 is 2.31 bits per heavy atom. The summed E-state index contributed by atoms with van der Waals surface area (Å²) < 4.78 is 17.9. The first kappa shape index (κ1) is 8.47. The molecule has 0 aliphatic carbocycles. The summed E-state index contributed by atoms with van der Waals surface area (Å²) >= 11 is 0. The maximum absolute atomic E-state index is 12.7. The first-order valence-electron chi connectivity index (χ1n) is 4.04. The van der Waals surface area contributed by atoms with E-state index in [1.165, 1.54) is 18.2 Å². The second-order valence-electron chi connectivity index (χ2n) is 3.09. The van der Waals surface area contributed by atoms with Crippen LogP contribution in [0.4, 0.5) is 4.39 Å². The number of benzene rings is 1. The van der Waals surface area contributed by atoms with Crippen LogP contribution >= 0.6 is 0 Å². The van der Waals surface area contributed by atoms with Gasteiger partial charge in [-0.25, -0.2) is 4.39 Å². The molecule has 2 rings (SSSR count). The minimum atomic E-state index is -0.710. The summed E-state index contributed by atoms with van der Waals surface area (Å²) in [5, 5.41) is 9.35. The van der Waals surface area contributed by atoms with E-state index in [0.717, 1.165) is 0 Å². The average Bonchev–Trinajstić information content (AvgIpc) is 2.12. The first-order valence-corrected chi connectivity index (χ1v) is 4.04. The molecule has 0 amide bonds. The summed E-state index contributed by atoms with van der Waals surface area (Å²) in [6, 6.07) is 3.64. The van der Waals surface area contributed by atoms with E-state index < -0.39 is 12.1 Å². The third kappa shape index (κ3) is 1.38. The lowest BCUT2D eigenvalue weighted by Gasteiger charge is -2.27. The Morgan fingerprint density at radius 1 is 1.54 bits per heavy atom. The summed E-state index contributed by atoms with van der Waals surface area (Å²) in [5.74, 6) is 0.0696. The van der Waals surface area contributed by atoms with Gasteiger partial charge in [-0.05, 0) is 6.07 Å². The van der Waals surface area contributed by atoms with Crippen molar-refractivity contribution in [1.82, 2.24) is 0 Å². The summed E-state index contributed by atoms with van der Waals surface area (Å²) in [7, 11) is 0. The Kier molecular flexibility index (Phi) is 1.94. The molecule has 1 aromatic carbocycles. The number of fused-ring (bicyclic) bond motifs is 1. The molecule has 70 valence electrons. The predicted octanol–water partition coefficient (Wildman–Crippen LogP) is 0.579. The fourth-order valence-corrected chi connectivity index (χ4v) is 1.39. The molecule has 1 aliphatic heterocycles. The van der Waals surface area contributed by atoms with E-state index in [1.54, 1.807) is 0 Å². The lowest BCUT2D eigenvalue weighted by Crippen LogP contribution is -2.35.